The number of rotatable bonds is 14. The smallest absolute Gasteiger partial charge is 0.424 e. The third-order valence-electron chi connectivity index (χ3n) is 8.66. The summed E-state index contributed by atoms with van der Waals surface area (Å²) >= 11 is 0. The van der Waals surface area contributed by atoms with Gasteiger partial charge >= 0.3 is 12.1 Å². The molecule has 3 aromatic carbocycles. The summed E-state index contributed by atoms with van der Waals surface area (Å²) in [5, 5.41) is 7.39. The summed E-state index contributed by atoms with van der Waals surface area (Å²) in [7, 11) is -0.692. The van der Waals surface area contributed by atoms with Crippen molar-refractivity contribution in [2.45, 2.75) is 44.0 Å². The van der Waals surface area contributed by atoms with Gasteiger partial charge < -0.3 is 19.5 Å². The number of likely N-dealkylation sites (N-methyl/N-ethyl adjacent to an activating group) is 1. The third kappa shape index (κ3) is 9.58. The van der Waals surface area contributed by atoms with E-state index in [1.54, 1.807) is 38.4 Å². The molecule has 0 saturated heterocycles. The standard InChI is InChI=1S/C38H40FN5O8S.ClH/c1-23(2)35(40-4)36(46)51-22-52-38(47)44(31-17-16-30(53(6,48)49)20-33(31)50-5)37-41-34-18-13-28(21-43(34)42-37)27-9-7-25(8-10-27)19-32(45)24(3)26-11-14-29(39)15-12-26;/h7-18,20-21,23-24,35,40H,19,22H2,1-6H3;1H/t24-,35+;/m1./s1. The number of ether oxygens (including phenoxy) is 3. The molecule has 0 aliphatic heterocycles. The molecule has 13 nitrogen and oxygen atoms in total. The molecule has 0 bridgehead atoms. The monoisotopic (exact) mass is 781 g/mol. The Morgan fingerprint density at radius 3 is 2.20 bits per heavy atom. The van der Waals surface area contributed by atoms with E-state index in [2.05, 4.69) is 15.4 Å². The molecule has 0 unspecified atom stereocenters. The number of pyridine rings is 1. The minimum absolute atomic E-state index is 0. The first-order chi connectivity index (χ1) is 25.2. The van der Waals surface area contributed by atoms with Crippen LogP contribution in [0.3, 0.4) is 0 Å². The van der Waals surface area contributed by atoms with Gasteiger partial charge in [-0.3, -0.25) is 9.59 Å². The van der Waals surface area contributed by atoms with E-state index in [-0.39, 0.29) is 64.5 Å². The first kappa shape index (κ1) is 41.4. The molecule has 2 heterocycles. The first-order valence-electron chi connectivity index (χ1n) is 16.6. The van der Waals surface area contributed by atoms with Gasteiger partial charge in [-0.25, -0.2) is 27.0 Å². The van der Waals surface area contributed by atoms with Crippen molar-refractivity contribution in [3.8, 4) is 16.9 Å². The van der Waals surface area contributed by atoms with Crippen molar-refractivity contribution in [3.63, 3.8) is 0 Å². The number of nitrogens with one attached hydrogen (secondary N) is 1. The van der Waals surface area contributed by atoms with Crippen LogP contribution >= 0.6 is 12.4 Å². The summed E-state index contributed by atoms with van der Waals surface area (Å²) in [5.74, 6) is -1.57. The lowest BCUT2D eigenvalue weighted by Crippen LogP contribution is -2.40. The summed E-state index contributed by atoms with van der Waals surface area (Å²) < 4.78 is 55.4. The Balaban J connectivity index is 0.00000650. The summed E-state index contributed by atoms with van der Waals surface area (Å²) in [4.78, 5) is 44.6. The average molecular weight is 782 g/mol. The van der Waals surface area contributed by atoms with E-state index >= 15 is 0 Å². The number of hydrogen-bond donors (Lipinski definition) is 1. The maximum atomic E-state index is 13.7. The van der Waals surface area contributed by atoms with E-state index in [4.69, 9.17) is 14.2 Å². The summed E-state index contributed by atoms with van der Waals surface area (Å²) in [6.07, 6.45) is 1.94. The Kier molecular flexibility index (Phi) is 13.5. The van der Waals surface area contributed by atoms with Crippen molar-refractivity contribution >= 4 is 57.4 Å². The molecule has 5 aromatic rings. The molecule has 2 aromatic heterocycles. The van der Waals surface area contributed by atoms with Gasteiger partial charge in [0.15, 0.2) is 15.5 Å². The van der Waals surface area contributed by atoms with Gasteiger partial charge in [-0.15, -0.1) is 17.5 Å². The molecule has 2 atom stereocenters. The molecule has 286 valence electrons. The average Bonchev–Trinajstić information content (AvgIpc) is 3.54. The zero-order chi connectivity index (χ0) is 38.4. The lowest BCUT2D eigenvalue weighted by molar-refractivity contribution is -0.155. The molecule has 0 spiro atoms. The van der Waals surface area contributed by atoms with Gasteiger partial charge in [-0.2, -0.15) is 4.98 Å². The zero-order valence-electron chi connectivity index (χ0n) is 30.5. The quantitative estimate of drug-likeness (QED) is 0.0995. The maximum absolute atomic E-state index is 13.7. The number of carbonyl (C=O) groups excluding carboxylic acids is 3. The second kappa shape index (κ2) is 17.6. The molecule has 54 heavy (non-hydrogen) atoms. The number of ketones is 1. The number of benzene rings is 3. The molecule has 16 heteroatoms. The number of sulfone groups is 1. The highest BCUT2D eigenvalue weighted by atomic mass is 35.5. The van der Waals surface area contributed by atoms with Crippen molar-refractivity contribution in [2.75, 3.05) is 32.1 Å². The molecular weight excluding hydrogens is 741 g/mol. The van der Waals surface area contributed by atoms with Gasteiger partial charge in [0.05, 0.1) is 17.7 Å². The van der Waals surface area contributed by atoms with Crippen LogP contribution in [0.25, 0.3) is 16.8 Å². The van der Waals surface area contributed by atoms with Crippen molar-refractivity contribution in [2.24, 2.45) is 5.92 Å². The normalized spacial score (nSPS) is 12.4. The first-order valence-corrected chi connectivity index (χ1v) is 18.5. The molecule has 0 aliphatic carbocycles. The van der Waals surface area contributed by atoms with Crippen molar-refractivity contribution in [3.05, 3.63) is 102 Å². The second-order valence-corrected chi connectivity index (χ2v) is 14.7. The van der Waals surface area contributed by atoms with Crippen LogP contribution in [-0.4, -0.2) is 74.1 Å². The Hall–Kier alpha value is -5.38. The number of aromatic nitrogens is 3. The fourth-order valence-electron chi connectivity index (χ4n) is 5.62. The topological polar surface area (TPSA) is 158 Å². The molecule has 5 rings (SSSR count). The number of anilines is 2. The number of nitrogens with zero attached hydrogens (tertiary/aromatic N) is 4. The van der Waals surface area contributed by atoms with E-state index in [0.29, 0.717) is 5.65 Å². The van der Waals surface area contributed by atoms with E-state index in [1.807, 2.05) is 44.2 Å². The molecular formula is C38H41ClFN5O8S. The van der Waals surface area contributed by atoms with Crippen LogP contribution in [0.1, 0.15) is 37.8 Å². The van der Waals surface area contributed by atoms with Gasteiger partial charge in [0, 0.05) is 36.4 Å². The Labute approximate surface area is 318 Å². The van der Waals surface area contributed by atoms with E-state index in [0.717, 1.165) is 33.4 Å². The zero-order valence-corrected chi connectivity index (χ0v) is 32.1. The number of methoxy groups -OCH3 is 1. The number of esters is 1. The van der Waals surface area contributed by atoms with Crippen molar-refractivity contribution < 1.29 is 41.4 Å². The fraction of sp³-hybridized carbons (Fsp3) is 0.289. The van der Waals surface area contributed by atoms with Gasteiger partial charge in [0.2, 0.25) is 6.79 Å². The predicted molar refractivity (Wildman–Crippen MR) is 203 cm³/mol. The summed E-state index contributed by atoms with van der Waals surface area (Å²) in [6.45, 7) is 4.75. The van der Waals surface area contributed by atoms with Gasteiger partial charge in [0.1, 0.15) is 23.4 Å². The van der Waals surface area contributed by atoms with E-state index in [9.17, 15) is 27.2 Å². The van der Waals surface area contributed by atoms with Crippen LogP contribution in [0.5, 0.6) is 5.75 Å². The van der Waals surface area contributed by atoms with Crippen LogP contribution in [0.2, 0.25) is 0 Å². The van der Waals surface area contributed by atoms with Crippen LogP contribution < -0.4 is 15.0 Å². The van der Waals surface area contributed by atoms with Gasteiger partial charge in [0.25, 0.3) is 5.95 Å². The molecule has 0 radical (unpaired) electrons. The Morgan fingerprint density at radius 1 is 0.926 bits per heavy atom. The molecule has 0 aliphatic rings. The van der Waals surface area contributed by atoms with Crippen LogP contribution in [-0.2, 0) is 35.3 Å². The Bertz CT molecular complexity index is 2230. The Morgan fingerprint density at radius 2 is 1.59 bits per heavy atom. The van der Waals surface area contributed by atoms with E-state index < -0.39 is 34.7 Å². The lowest BCUT2D eigenvalue weighted by atomic mass is 9.92. The number of hydrogen-bond acceptors (Lipinski definition) is 11. The third-order valence-corrected chi connectivity index (χ3v) is 9.77. The van der Waals surface area contributed by atoms with Crippen molar-refractivity contribution in [1.82, 2.24) is 19.9 Å². The molecule has 1 amide bonds. The van der Waals surface area contributed by atoms with E-state index in [1.165, 1.54) is 42.0 Å². The highest BCUT2D eigenvalue weighted by Gasteiger charge is 2.29. The predicted octanol–water partition coefficient (Wildman–Crippen LogP) is 6.30. The number of carbonyl (C=O) groups is 3. The lowest BCUT2D eigenvalue weighted by Gasteiger charge is -2.22. The summed E-state index contributed by atoms with van der Waals surface area (Å²) in [5.41, 5.74) is 3.58. The maximum Gasteiger partial charge on any atom is 0.424 e. The molecule has 0 fully saturated rings. The minimum Gasteiger partial charge on any atom is -0.495 e. The van der Waals surface area contributed by atoms with Crippen LogP contribution in [0, 0.1) is 11.7 Å². The fourth-order valence-corrected chi connectivity index (χ4v) is 6.26. The highest BCUT2D eigenvalue weighted by molar-refractivity contribution is 7.90. The van der Waals surface area contributed by atoms with Crippen LogP contribution in [0.15, 0.2) is 90.0 Å². The summed E-state index contributed by atoms with van der Waals surface area (Å²) in [6, 6.07) is 20.2. The number of Topliss-reactive ketones (excluding diaryl/α,β-unsaturated/α-hetero) is 1. The minimum atomic E-state index is -3.62. The van der Waals surface area contributed by atoms with Crippen molar-refractivity contribution in [1.29, 1.82) is 0 Å². The highest BCUT2D eigenvalue weighted by Crippen LogP contribution is 2.35. The molecule has 0 saturated carbocycles. The van der Waals surface area contributed by atoms with Gasteiger partial charge in [-0.1, -0.05) is 57.2 Å². The number of amides is 1. The van der Waals surface area contributed by atoms with Crippen LogP contribution in [0.4, 0.5) is 20.8 Å². The second-order valence-electron chi connectivity index (χ2n) is 12.7. The molecule has 1 N–H and O–H groups in total. The largest absolute Gasteiger partial charge is 0.495 e. The van der Waals surface area contributed by atoms with Gasteiger partial charge in [-0.05, 0) is 66.1 Å². The SMILES string of the molecule is CN[C@H](C(=O)OCOC(=O)N(c1nc2ccc(-c3ccc(CC(=O)[C@H](C)c4ccc(F)cc4)cc3)cn2n1)c1ccc(S(C)(=O)=O)cc1OC)C(C)C.Cl. The number of halogens is 2. The number of fused-ring (bicyclic) bond motifs is 1.